The Labute approximate surface area is 228 Å². The Kier molecular flexibility index (Phi) is 7.04. The maximum Gasteiger partial charge on any atom is 0.229 e. The second kappa shape index (κ2) is 10.2. The lowest BCUT2D eigenvalue weighted by Gasteiger charge is -2.47. The van der Waals surface area contributed by atoms with Crippen molar-refractivity contribution in [2.24, 2.45) is 5.92 Å². The molecule has 5 heterocycles. The highest BCUT2D eigenvalue weighted by atomic mass is 19.1. The molecule has 10 nitrogen and oxygen atoms in total. The fourth-order valence-corrected chi connectivity index (χ4v) is 5.41. The van der Waals surface area contributed by atoms with Crippen LogP contribution in [0.3, 0.4) is 0 Å². The quantitative estimate of drug-likeness (QED) is 0.489. The van der Waals surface area contributed by atoms with Crippen LogP contribution in [0, 0.1) is 5.92 Å². The maximum absolute atomic E-state index is 14.7. The van der Waals surface area contributed by atoms with Crippen molar-refractivity contribution in [3.63, 3.8) is 0 Å². The highest BCUT2D eigenvalue weighted by Gasteiger charge is 2.42. The molecule has 2 N–H and O–H groups in total. The summed E-state index contributed by atoms with van der Waals surface area (Å²) in [6, 6.07) is 3.79. The first-order chi connectivity index (χ1) is 18.5. The fourth-order valence-electron chi connectivity index (χ4n) is 5.41. The summed E-state index contributed by atoms with van der Waals surface area (Å²) in [7, 11) is 3.58. The summed E-state index contributed by atoms with van der Waals surface area (Å²) >= 11 is 0. The van der Waals surface area contributed by atoms with E-state index in [1.165, 1.54) is 6.92 Å². The van der Waals surface area contributed by atoms with Crippen LogP contribution in [0.2, 0.25) is 0 Å². The predicted octanol–water partition coefficient (Wildman–Crippen LogP) is 3.50. The van der Waals surface area contributed by atoms with Crippen LogP contribution in [-0.2, 0) is 4.79 Å². The van der Waals surface area contributed by atoms with E-state index in [9.17, 15) is 14.3 Å². The van der Waals surface area contributed by atoms with Gasteiger partial charge in [0.25, 0.3) is 0 Å². The number of aliphatic hydroxyl groups excluding tert-OH is 1. The first-order valence-corrected chi connectivity index (χ1v) is 13.4. The van der Waals surface area contributed by atoms with E-state index in [4.69, 9.17) is 4.98 Å². The molecule has 3 aromatic heterocycles. The lowest BCUT2D eigenvalue weighted by Crippen LogP contribution is -2.60. The molecule has 0 aromatic carbocycles. The van der Waals surface area contributed by atoms with Crippen molar-refractivity contribution in [1.82, 2.24) is 24.8 Å². The van der Waals surface area contributed by atoms with Gasteiger partial charge < -0.3 is 25.1 Å². The number of amides is 1. The molecular weight excluding hydrogens is 499 g/mol. The van der Waals surface area contributed by atoms with Gasteiger partial charge in [0.05, 0.1) is 18.6 Å². The first-order valence-electron chi connectivity index (χ1n) is 13.4. The summed E-state index contributed by atoms with van der Waals surface area (Å²) < 4.78 is 14.7. The number of nitrogens with one attached hydrogen (secondary N) is 1. The van der Waals surface area contributed by atoms with Crippen LogP contribution in [0.1, 0.15) is 45.6 Å². The number of pyridine rings is 2. The number of alkyl halides is 1. The summed E-state index contributed by atoms with van der Waals surface area (Å²) in [5.41, 5.74) is -0.622. The highest BCUT2D eigenvalue weighted by molar-refractivity contribution is 5.97. The van der Waals surface area contributed by atoms with E-state index < -0.39 is 11.8 Å². The zero-order valence-electron chi connectivity index (χ0n) is 23.4. The Bertz CT molecular complexity index is 1380. The molecule has 39 heavy (non-hydrogen) atoms. The van der Waals surface area contributed by atoms with Crippen LogP contribution >= 0.6 is 0 Å². The van der Waals surface area contributed by atoms with Gasteiger partial charge in [0.15, 0.2) is 5.67 Å². The summed E-state index contributed by atoms with van der Waals surface area (Å²) in [4.78, 5) is 36.5. The third kappa shape index (κ3) is 5.07. The average molecular weight is 537 g/mol. The third-order valence-electron chi connectivity index (χ3n) is 7.95. The van der Waals surface area contributed by atoms with E-state index in [1.54, 1.807) is 36.2 Å². The van der Waals surface area contributed by atoms with Gasteiger partial charge in [-0.3, -0.25) is 4.79 Å². The Balaban J connectivity index is 1.42. The third-order valence-corrected chi connectivity index (χ3v) is 7.95. The van der Waals surface area contributed by atoms with Crippen LogP contribution in [0.4, 0.5) is 27.8 Å². The van der Waals surface area contributed by atoms with Crippen molar-refractivity contribution in [3.8, 4) is 0 Å². The molecule has 0 unspecified atom stereocenters. The van der Waals surface area contributed by atoms with Crippen molar-refractivity contribution >= 4 is 40.1 Å². The molecule has 0 radical (unpaired) electrons. The van der Waals surface area contributed by atoms with Gasteiger partial charge in [-0.2, -0.15) is 4.98 Å². The van der Waals surface area contributed by atoms with Gasteiger partial charge in [-0.05, 0) is 49.3 Å². The van der Waals surface area contributed by atoms with Crippen LogP contribution in [0.25, 0.3) is 10.8 Å². The predicted molar refractivity (Wildman–Crippen MR) is 150 cm³/mol. The van der Waals surface area contributed by atoms with E-state index in [0.717, 1.165) is 22.2 Å². The van der Waals surface area contributed by atoms with Crippen LogP contribution in [-0.4, -0.2) is 87.4 Å². The number of fused-ring (bicyclic) bond motifs is 1. The molecule has 2 aliphatic rings. The van der Waals surface area contributed by atoms with Gasteiger partial charge in [0, 0.05) is 57.2 Å². The van der Waals surface area contributed by atoms with Crippen molar-refractivity contribution in [2.45, 2.75) is 57.8 Å². The minimum atomic E-state index is -1.72. The minimum Gasteiger partial charge on any atom is -0.390 e. The van der Waals surface area contributed by atoms with Gasteiger partial charge in [-0.1, -0.05) is 13.8 Å². The molecule has 5 rings (SSSR count). The number of anilines is 4. The molecule has 2 fully saturated rings. The van der Waals surface area contributed by atoms with Gasteiger partial charge in [-0.25, -0.2) is 19.3 Å². The summed E-state index contributed by atoms with van der Waals surface area (Å²) in [5.74, 6) is 2.71. The van der Waals surface area contributed by atoms with Crippen molar-refractivity contribution in [3.05, 3.63) is 36.3 Å². The second-order valence-electron chi connectivity index (χ2n) is 11.4. The lowest BCUT2D eigenvalue weighted by molar-refractivity contribution is -0.135. The zero-order chi connectivity index (χ0) is 28.1. The monoisotopic (exact) mass is 536 g/mol. The van der Waals surface area contributed by atoms with E-state index in [0.29, 0.717) is 37.1 Å². The van der Waals surface area contributed by atoms with E-state index >= 15 is 0 Å². The molecule has 11 heteroatoms. The number of carbonyl (C=O) groups is 1. The summed E-state index contributed by atoms with van der Waals surface area (Å²) in [6.07, 6.45) is 4.69. The molecule has 0 bridgehead atoms. The second-order valence-corrected chi connectivity index (χ2v) is 11.4. The van der Waals surface area contributed by atoms with Gasteiger partial charge in [-0.15, -0.1) is 0 Å². The molecule has 3 aromatic rings. The Hall–Kier alpha value is -3.60. The fraction of sp³-hybridized carbons (Fsp3) is 0.536. The molecule has 2 aliphatic heterocycles. The molecule has 0 aliphatic carbocycles. The van der Waals surface area contributed by atoms with Crippen molar-refractivity contribution in [2.75, 3.05) is 48.8 Å². The number of nitrogens with zero attached hydrogens (tertiary/aromatic N) is 7. The number of carbonyl (C=O) groups excluding carboxylic acids is 1. The molecule has 208 valence electrons. The van der Waals surface area contributed by atoms with Gasteiger partial charge in [0.2, 0.25) is 11.9 Å². The zero-order valence-corrected chi connectivity index (χ0v) is 23.4. The lowest BCUT2D eigenvalue weighted by atomic mass is 9.88. The number of hydrogen-bond donors (Lipinski definition) is 2. The molecule has 2 saturated heterocycles. The Morgan fingerprint density at radius 2 is 1.97 bits per heavy atom. The smallest absolute Gasteiger partial charge is 0.229 e. The number of aromatic nitrogens is 4. The minimum absolute atomic E-state index is 0.0231. The van der Waals surface area contributed by atoms with Gasteiger partial charge >= 0.3 is 0 Å². The number of halogens is 1. The first kappa shape index (κ1) is 27.0. The number of piperidine rings is 1. The molecule has 0 saturated carbocycles. The van der Waals surface area contributed by atoms with E-state index in [2.05, 4.69) is 45.9 Å². The van der Waals surface area contributed by atoms with Crippen molar-refractivity contribution < 1.29 is 14.3 Å². The van der Waals surface area contributed by atoms with Crippen LogP contribution in [0.5, 0.6) is 0 Å². The SMILES string of the molecule is CC(C)c1cnc(N2C[C@@H](C(=O)N(C)C)[C@@H]2C)c2cnc(Nc3ccnc(N4CC[C@@H](O)[C@@](C)(F)C4)n3)cc12. The van der Waals surface area contributed by atoms with Crippen LogP contribution < -0.4 is 15.1 Å². The Morgan fingerprint density at radius 1 is 1.21 bits per heavy atom. The van der Waals surface area contributed by atoms with E-state index in [-0.39, 0.29) is 30.3 Å². The van der Waals surface area contributed by atoms with Crippen LogP contribution in [0.15, 0.2) is 30.7 Å². The molecular formula is C28H37FN8O2. The Morgan fingerprint density at radius 3 is 2.64 bits per heavy atom. The normalized spacial score (nSPS) is 25.1. The van der Waals surface area contributed by atoms with Crippen molar-refractivity contribution in [1.29, 1.82) is 0 Å². The highest BCUT2D eigenvalue weighted by Crippen LogP contribution is 2.38. The number of rotatable bonds is 6. The van der Waals surface area contributed by atoms with E-state index in [1.807, 2.05) is 18.5 Å². The molecule has 0 spiro atoms. The topological polar surface area (TPSA) is 111 Å². The largest absolute Gasteiger partial charge is 0.390 e. The number of aliphatic hydroxyl groups is 1. The maximum atomic E-state index is 14.7. The standard InChI is InChI=1S/C28H37FN8O2/c1-16(2)19-12-32-25(37-14-21(17(37)3)26(39)35(5)6)20-13-31-24(11-18(19)20)33-23-7-9-30-27(34-23)36-10-8-22(38)28(4,29)15-36/h7,9,11-13,16-17,21-22,38H,8,10,14-15H2,1-6H3,(H,30,31,33,34)/t17-,21+,22+,28-/m0/s1. The van der Waals surface area contributed by atoms with Gasteiger partial charge in [0.1, 0.15) is 17.5 Å². The summed E-state index contributed by atoms with van der Waals surface area (Å²) in [5, 5.41) is 15.2. The summed E-state index contributed by atoms with van der Waals surface area (Å²) in [6.45, 7) is 8.85. The molecule has 4 atom stereocenters. The number of hydrogen-bond acceptors (Lipinski definition) is 9. The average Bonchev–Trinajstić information content (AvgIpc) is 2.89. The molecule has 1 amide bonds.